The molecule has 98 valence electrons. The van der Waals surface area contributed by atoms with Gasteiger partial charge in [0.05, 0.1) is 12.1 Å². The van der Waals surface area contributed by atoms with Gasteiger partial charge in [-0.05, 0) is 33.6 Å². The van der Waals surface area contributed by atoms with Crippen molar-refractivity contribution in [1.29, 1.82) is 0 Å². The number of amides is 2. The van der Waals surface area contributed by atoms with E-state index in [1.165, 1.54) is 13.8 Å². The summed E-state index contributed by atoms with van der Waals surface area (Å²) in [6.07, 6.45) is 1.72. The quantitative estimate of drug-likeness (QED) is 0.682. The van der Waals surface area contributed by atoms with Gasteiger partial charge in [-0.1, -0.05) is 0 Å². The van der Waals surface area contributed by atoms with Crippen molar-refractivity contribution in [2.45, 2.75) is 44.7 Å². The molecule has 0 aromatic carbocycles. The zero-order valence-corrected chi connectivity index (χ0v) is 10.5. The van der Waals surface area contributed by atoms with Crippen LogP contribution < -0.4 is 10.6 Å². The number of carbonyl (C=O) groups excluding carboxylic acids is 1. The van der Waals surface area contributed by atoms with Crippen LogP contribution >= 0.6 is 0 Å². The number of hydrogen-bond donors (Lipinski definition) is 3. The van der Waals surface area contributed by atoms with E-state index >= 15 is 0 Å². The lowest BCUT2D eigenvalue weighted by Crippen LogP contribution is -2.59. The molecule has 1 unspecified atom stereocenters. The van der Waals surface area contributed by atoms with Crippen LogP contribution in [-0.4, -0.2) is 41.4 Å². The lowest BCUT2D eigenvalue weighted by atomic mass is 9.95. The first-order valence-corrected chi connectivity index (χ1v) is 5.67. The van der Waals surface area contributed by atoms with Gasteiger partial charge < -0.3 is 20.5 Å². The fraction of sp³-hybridized carbons (Fsp3) is 0.818. The summed E-state index contributed by atoms with van der Waals surface area (Å²) in [7, 11) is 0. The van der Waals surface area contributed by atoms with Gasteiger partial charge in [0, 0.05) is 6.61 Å². The van der Waals surface area contributed by atoms with E-state index in [4.69, 9.17) is 9.84 Å². The maximum absolute atomic E-state index is 11.7. The second-order valence-electron chi connectivity index (χ2n) is 5.23. The van der Waals surface area contributed by atoms with Crippen LogP contribution in [0.2, 0.25) is 0 Å². The van der Waals surface area contributed by atoms with Gasteiger partial charge in [-0.25, -0.2) is 9.59 Å². The van der Waals surface area contributed by atoms with E-state index < -0.39 is 23.1 Å². The van der Waals surface area contributed by atoms with Crippen LogP contribution in [0.25, 0.3) is 0 Å². The van der Waals surface area contributed by atoms with Crippen molar-refractivity contribution in [1.82, 2.24) is 10.6 Å². The van der Waals surface area contributed by atoms with Gasteiger partial charge >= 0.3 is 12.0 Å². The average Bonchev–Trinajstić information content (AvgIpc) is 2.16. The van der Waals surface area contributed by atoms with Gasteiger partial charge in [-0.3, -0.25) is 0 Å². The second kappa shape index (κ2) is 4.91. The molecule has 0 aromatic heterocycles. The highest BCUT2D eigenvalue weighted by atomic mass is 16.5. The van der Waals surface area contributed by atoms with Gasteiger partial charge in [-0.15, -0.1) is 0 Å². The Hall–Kier alpha value is -1.30. The lowest BCUT2D eigenvalue weighted by Gasteiger charge is -2.35. The largest absolute Gasteiger partial charge is 0.480 e. The third-order valence-corrected chi connectivity index (χ3v) is 2.81. The number of hydrogen-bond acceptors (Lipinski definition) is 3. The molecule has 0 radical (unpaired) electrons. The molecule has 17 heavy (non-hydrogen) atoms. The zero-order chi connectivity index (χ0) is 13.1. The van der Waals surface area contributed by atoms with Gasteiger partial charge in [0.25, 0.3) is 0 Å². The zero-order valence-electron chi connectivity index (χ0n) is 10.5. The number of rotatable bonds is 3. The van der Waals surface area contributed by atoms with Crippen molar-refractivity contribution in [2.75, 3.05) is 13.2 Å². The van der Waals surface area contributed by atoms with Crippen LogP contribution in [-0.2, 0) is 9.53 Å². The van der Waals surface area contributed by atoms with E-state index in [0.717, 1.165) is 12.8 Å². The predicted molar refractivity (Wildman–Crippen MR) is 61.8 cm³/mol. The molecule has 2 amide bonds. The molecule has 1 aliphatic heterocycles. The molecule has 1 rings (SSSR count). The predicted octanol–water partition coefficient (Wildman–Crippen LogP) is 0.718. The van der Waals surface area contributed by atoms with Crippen LogP contribution in [0.3, 0.4) is 0 Å². The highest BCUT2D eigenvalue weighted by Crippen LogP contribution is 2.18. The molecular formula is C11H20N2O4. The van der Waals surface area contributed by atoms with Crippen LogP contribution in [0.1, 0.15) is 33.6 Å². The van der Waals surface area contributed by atoms with E-state index in [1.807, 2.05) is 6.92 Å². The molecule has 0 saturated carbocycles. The Labute approximate surface area is 101 Å². The Balaban J connectivity index is 2.52. The maximum Gasteiger partial charge on any atom is 0.328 e. The van der Waals surface area contributed by atoms with Crippen molar-refractivity contribution in [3.63, 3.8) is 0 Å². The monoisotopic (exact) mass is 244 g/mol. The summed E-state index contributed by atoms with van der Waals surface area (Å²) in [4.78, 5) is 22.6. The van der Waals surface area contributed by atoms with Gasteiger partial charge in [0.2, 0.25) is 0 Å². The molecule has 3 N–H and O–H groups in total. The number of urea groups is 1. The van der Waals surface area contributed by atoms with E-state index in [9.17, 15) is 9.59 Å². The number of carbonyl (C=O) groups is 2. The van der Waals surface area contributed by atoms with E-state index in [0.29, 0.717) is 13.2 Å². The fourth-order valence-corrected chi connectivity index (χ4v) is 1.68. The fourth-order valence-electron chi connectivity index (χ4n) is 1.68. The minimum Gasteiger partial charge on any atom is -0.480 e. The Morgan fingerprint density at radius 1 is 1.41 bits per heavy atom. The summed E-state index contributed by atoms with van der Waals surface area (Å²) in [5.41, 5.74) is -1.70. The summed E-state index contributed by atoms with van der Waals surface area (Å²) in [5.74, 6) is -1.07. The first-order valence-electron chi connectivity index (χ1n) is 5.67. The lowest BCUT2D eigenvalue weighted by molar-refractivity contribution is -0.142. The SMILES string of the molecule is CC1(NC(=O)NC(C)(C)C(=O)O)CCCOC1. The van der Waals surface area contributed by atoms with Gasteiger partial charge in [-0.2, -0.15) is 0 Å². The summed E-state index contributed by atoms with van der Waals surface area (Å²) in [6.45, 7) is 5.93. The van der Waals surface area contributed by atoms with E-state index in [2.05, 4.69) is 10.6 Å². The summed E-state index contributed by atoms with van der Waals surface area (Å²) >= 11 is 0. The molecule has 1 atom stereocenters. The Morgan fingerprint density at radius 2 is 2.06 bits per heavy atom. The molecule has 1 heterocycles. The first kappa shape index (κ1) is 13.8. The van der Waals surface area contributed by atoms with Crippen LogP contribution in [0.15, 0.2) is 0 Å². The van der Waals surface area contributed by atoms with Crippen LogP contribution in [0.5, 0.6) is 0 Å². The summed E-state index contributed by atoms with van der Waals surface area (Å²) in [6, 6.07) is -0.481. The molecule has 0 aliphatic carbocycles. The van der Waals surface area contributed by atoms with Crippen molar-refractivity contribution < 1.29 is 19.4 Å². The number of carboxylic acid groups (broad SMARTS) is 1. The van der Waals surface area contributed by atoms with E-state index in [-0.39, 0.29) is 0 Å². The van der Waals surface area contributed by atoms with Crippen molar-refractivity contribution in [2.24, 2.45) is 0 Å². The molecule has 6 heteroatoms. The minimum atomic E-state index is -1.28. The molecule has 1 saturated heterocycles. The molecule has 0 bridgehead atoms. The molecule has 1 fully saturated rings. The topological polar surface area (TPSA) is 87.7 Å². The van der Waals surface area contributed by atoms with Gasteiger partial charge in [0.1, 0.15) is 5.54 Å². The molecule has 0 spiro atoms. The molecule has 1 aliphatic rings. The number of aliphatic carboxylic acids is 1. The summed E-state index contributed by atoms with van der Waals surface area (Å²) < 4.78 is 5.30. The second-order valence-corrected chi connectivity index (χ2v) is 5.23. The van der Waals surface area contributed by atoms with Crippen LogP contribution in [0, 0.1) is 0 Å². The Bertz CT molecular complexity index is 309. The summed E-state index contributed by atoms with van der Waals surface area (Å²) in [5, 5.41) is 14.1. The van der Waals surface area contributed by atoms with Crippen molar-refractivity contribution >= 4 is 12.0 Å². The third-order valence-electron chi connectivity index (χ3n) is 2.81. The first-order chi connectivity index (χ1) is 7.75. The minimum absolute atomic E-state index is 0.420. The highest BCUT2D eigenvalue weighted by Gasteiger charge is 2.33. The maximum atomic E-state index is 11.7. The number of nitrogens with one attached hydrogen (secondary N) is 2. The smallest absolute Gasteiger partial charge is 0.328 e. The highest BCUT2D eigenvalue weighted by molar-refractivity contribution is 5.85. The van der Waals surface area contributed by atoms with E-state index in [1.54, 1.807) is 0 Å². The molecular weight excluding hydrogens is 224 g/mol. The van der Waals surface area contributed by atoms with Crippen molar-refractivity contribution in [3.05, 3.63) is 0 Å². The average molecular weight is 244 g/mol. The standard InChI is InChI=1S/C11H20N2O4/c1-10(2,8(14)15)12-9(16)13-11(3)5-4-6-17-7-11/h4-7H2,1-3H3,(H,14,15)(H2,12,13,16). The van der Waals surface area contributed by atoms with Gasteiger partial charge in [0.15, 0.2) is 0 Å². The number of carboxylic acids is 1. The number of ether oxygens (including phenoxy) is 1. The Kier molecular flexibility index (Phi) is 3.98. The van der Waals surface area contributed by atoms with Crippen molar-refractivity contribution in [3.8, 4) is 0 Å². The molecule has 0 aromatic rings. The normalized spacial score (nSPS) is 25.1. The molecule has 6 nitrogen and oxygen atoms in total. The third kappa shape index (κ3) is 3.89. The Morgan fingerprint density at radius 3 is 2.53 bits per heavy atom. The van der Waals surface area contributed by atoms with Crippen LogP contribution in [0.4, 0.5) is 4.79 Å².